The van der Waals surface area contributed by atoms with Crippen molar-refractivity contribution in [3.63, 3.8) is 0 Å². The van der Waals surface area contributed by atoms with Crippen molar-refractivity contribution < 1.29 is 9.13 Å². The van der Waals surface area contributed by atoms with Gasteiger partial charge in [0.05, 0.1) is 12.8 Å². The van der Waals surface area contributed by atoms with Crippen molar-refractivity contribution in [1.29, 1.82) is 0 Å². The van der Waals surface area contributed by atoms with Gasteiger partial charge >= 0.3 is 0 Å². The quantitative estimate of drug-likeness (QED) is 0.815. The van der Waals surface area contributed by atoms with E-state index in [-0.39, 0.29) is 5.11 Å². The molecule has 1 rings (SSSR count). The van der Waals surface area contributed by atoms with Crippen LogP contribution in [0.3, 0.4) is 0 Å². The number of methoxy groups -OCH3 is 1. The summed E-state index contributed by atoms with van der Waals surface area (Å²) in [5.41, 5.74) is 5.82. The molecule has 0 radical (unpaired) electrons. The third kappa shape index (κ3) is 2.55. The van der Waals surface area contributed by atoms with E-state index in [0.717, 1.165) is 0 Å². The maximum absolute atomic E-state index is 12.9. The zero-order valence-corrected chi connectivity index (χ0v) is 9.71. The molecule has 0 saturated heterocycles. The van der Waals surface area contributed by atoms with E-state index in [4.69, 9.17) is 10.5 Å². The molecule has 0 heterocycles. The van der Waals surface area contributed by atoms with E-state index < -0.39 is 5.82 Å². The number of nitrogens with one attached hydrogen (secondary N) is 1. The molecule has 14 heavy (non-hydrogen) atoms. The smallest absolute Gasteiger partial charge is 0.168 e. The first-order chi connectivity index (χ1) is 6.54. The van der Waals surface area contributed by atoms with Crippen LogP contribution in [0.4, 0.5) is 10.1 Å². The Balaban J connectivity index is 3.18. The minimum absolute atomic E-state index is 0.0932. The van der Waals surface area contributed by atoms with Gasteiger partial charge in [0, 0.05) is 10.5 Å². The zero-order valence-electron chi connectivity index (χ0n) is 7.30. The second-order valence-electron chi connectivity index (χ2n) is 2.45. The molecule has 0 atom stereocenters. The summed E-state index contributed by atoms with van der Waals surface area (Å²) in [5.74, 6) is -0.0631. The number of thiocarbonyl (C=S) groups is 1. The van der Waals surface area contributed by atoms with E-state index in [9.17, 15) is 4.39 Å². The number of nitrogens with two attached hydrogens (primary N) is 1. The lowest BCUT2D eigenvalue weighted by Crippen LogP contribution is -2.19. The third-order valence-corrected chi connectivity index (χ3v) is 2.21. The first-order valence-corrected chi connectivity index (χ1v) is 4.84. The fraction of sp³-hybridized carbons (Fsp3) is 0.125. The van der Waals surface area contributed by atoms with Crippen molar-refractivity contribution in [1.82, 2.24) is 0 Å². The molecule has 1 aromatic rings. The lowest BCUT2D eigenvalue weighted by atomic mass is 10.3. The van der Waals surface area contributed by atoms with Gasteiger partial charge in [-0.2, -0.15) is 0 Å². The Kier molecular flexibility index (Phi) is 3.65. The second-order valence-corrected chi connectivity index (χ2v) is 3.75. The van der Waals surface area contributed by atoms with Crippen molar-refractivity contribution >= 4 is 38.9 Å². The molecule has 0 saturated carbocycles. The maximum atomic E-state index is 12.9. The van der Waals surface area contributed by atoms with Crippen LogP contribution in [0.5, 0.6) is 5.75 Å². The topological polar surface area (TPSA) is 47.3 Å². The van der Waals surface area contributed by atoms with Crippen molar-refractivity contribution in [3.8, 4) is 5.75 Å². The third-order valence-electron chi connectivity index (χ3n) is 1.49. The zero-order chi connectivity index (χ0) is 10.7. The van der Waals surface area contributed by atoms with Gasteiger partial charge in [-0.1, -0.05) is 0 Å². The van der Waals surface area contributed by atoms with Crippen molar-refractivity contribution in [2.45, 2.75) is 0 Å². The molecule has 3 nitrogen and oxygen atoms in total. The van der Waals surface area contributed by atoms with Gasteiger partial charge in [-0.3, -0.25) is 0 Å². The Hall–Kier alpha value is -0.880. The highest BCUT2D eigenvalue weighted by Gasteiger charge is 2.10. The van der Waals surface area contributed by atoms with Gasteiger partial charge in [0.1, 0.15) is 11.6 Å². The minimum atomic E-state index is -0.401. The predicted octanol–water partition coefficient (Wildman–Crippen LogP) is 2.25. The van der Waals surface area contributed by atoms with Crippen molar-refractivity contribution in [2.75, 3.05) is 12.4 Å². The van der Waals surface area contributed by atoms with Crippen LogP contribution in [0, 0.1) is 5.82 Å². The van der Waals surface area contributed by atoms with Crippen LogP contribution in [0.2, 0.25) is 0 Å². The summed E-state index contributed by atoms with van der Waals surface area (Å²) in [4.78, 5) is 0. The number of rotatable bonds is 2. The van der Waals surface area contributed by atoms with Gasteiger partial charge in [-0.25, -0.2) is 4.39 Å². The lowest BCUT2D eigenvalue weighted by Gasteiger charge is -2.11. The highest BCUT2D eigenvalue weighted by molar-refractivity contribution is 9.10. The number of hydrogen-bond acceptors (Lipinski definition) is 2. The van der Waals surface area contributed by atoms with Gasteiger partial charge < -0.3 is 15.8 Å². The molecule has 0 fully saturated rings. The monoisotopic (exact) mass is 278 g/mol. The molecule has 0 spiro atoms. The average Bonchev–Trinajstić information content (AvgIpc) is 2.08. The Morgan fingerprint density at radius 2 is 2.29 bits per heavy atom. The van der Waals surface area contributed by atoms with Gasteiger partial charge in [0.25, 0.3) is 0 Å². The highest BCUT2D eigenvalue weighted by atomic mass is 79.9. The van der Waals surface area contributed by atoms with Crippen molar-refractivity contribution in [2.24, 2.45) is 5.73 Å². The van der Waals surface area contributed by atoms with Crippen LogP contribution < -0.4 is 15.8 Å². The molecule has 0 aliphatic heterocycles. The molecule has 0 bridgehead atoms. The van der Waals surface area contributed by atoms with Crippen LogP contribution in [-0.2, 0) is 0 Å². The molecule has 1 aromatic carbocycles. The van der Waals surface area contributed by atoms with E-state index in [1.165, 1.54) is 19.2 Å². The SMILES string of the molecule is COc1cc(F)cc(Br)c1NC(N)=S. The fourth-order valence-corrected chi connectivity index (χ4v) is 1.57. The van der Waals surface area contributed by atoms with E-state index in [0.29, 0.717) is 15.9 Å². The number of halogens is 2. The Morgan fingerprint density at radius 1 is 1.64 bits per heavy atom. The molecule has 3 N–H and O–H groups in total. The van der Waals surface area contributed by atoms with Crippen LogP contribution in [0.25, 0.3) is 0 Å². The fourth-order valence-electron chi connectivity index (χ4n) is 0.955. The number of anilines is 1. The van der Waals surface area contributed by atoms with E-state index in [1.807, 2.05) is 0 Å². The normalized spacial score (nSPS) is 9.64. The largest absolute Gasteiger partial charge is 0.494 e. The van der Waals surface area contributed by atoms with Crippen LogP contribution >= 0.6 is 28.1 Å². The number of ether oxygens (including phenoxy) is 1. The Labute approximate surface area is 94.6 Å². The molecule has 76 valence electrons. The first-order valence-electron chi connectivity index (χ1n) is 3.64. The van der Waals surface area contributed by atoms with E-state index >= 15 is 0 Å². The lowest BCUT2D eigenvalue weighted by molar-refractivity contribution is 0.413. The van der Waals surface area contributed by atoms with Crippen LogP contribution in [0.1, 0.15) is 0 Å². The highest BCUT2D eigenvalue weighted by Crippen LogP contribution is 2.33. The average molecular weight is 279 g/mol. The molecular formula is C8H8BrFN2OS. The first kappa shape index (κ1) is 11.2. The molecule has 0 amide bonds. The summed E-state index contributed by atoms with van der Waals surface area (Å²) in [5, 5.41) is 2.78. The molecular weight excluding hydrogens is 271 g/mol. The van der Waals surface area contributed by atoms with Crippen molar-refractivity contribution in [3.05, 3.63) is 22.4 Å². The molecule has 0 aromatic heterocycles. The van der Waals surface area contributed by atoms with Gasteiger partial charge in [-0.15, -0.1) is 0 Å². The summed E-state index contributed by atoms with van der Waals surface area (Å²) in [6.45, 7) is 0. The summed E-state index contributed by atoms with van der Waals surface area (Å²) in [6, 6.07) is 2.54. The summed E-state index contributed by atoms with van der Waals surface area (Å²) < 4.78 is 18.4. The standard InChI is InChI=1S/C8H8BrFN2OS/c1-13-6-3-4(10)2-5(9)7(6)12-8(11)14/h2-3H,1H3,(H3,11,12,14). The predicted molar refractivity (Wildman–Crippen MR) is 61.1 cm³/mol. The summed E-state index contributed by atoms with van der Waals surface area (Å²) in [7, 11) is 1.44. The van der Waals surface area contributed by atoms with Gasteiger partial charge in [0.2, 0.25) is 0 Å². The van der Waals surface area contributed by atoms with E-state index in [1.54, 1.807) is 0 Å². The summed E-state index contributed by atoms with van der Waals surface area (Å²) >= 11 is 7.84. The maximum Gasteiger partial charge on any atom is 0.168 e. The van der Waals surface area contributed by atoms with Gasteiger partial charge in [0.15, 0.2) is 5.11 Å². The molecule has 6 heteroatoms. The minimum Gasteiger partial charge on any atom is -0.494 e. The number of benzene rings is 1. The van der Waals surface area contributed by atoms with Crippen LogP contribution in [0.15, 0.2) is 16.6 Å². The summed E-state index contributed by atoms with van der Waals surface area (Å²) in [6.07, 6.45) is 0. The molecule has 0 aliphatic carbocycles. The second kappa shape index (κ2) is 4.56. The Morgan fingerprint density at radius 3 is 2.79 bits per heavy atom. The molecule has 0 unspecified atom stereocenters. The van der Waals surface area contributed by atoms with E-state index in [2.05, 4.69) is 33.5 Å². The van der Waals surface area contributed by atoms with Crippen LogP contribution in [-0.4, -0.2) is 12.2 Å². The number of hydrogen-bond donors (Lipinski definition) is 2. The Bertz CT molecular complexity index is 373. The van der Waals surface area contributed by atoms with Gasteiger partial charge in [-0.05, 0) is 34.2 Å². The molecule has 0 aliphatic rings.